The number of nitrogens with one attached hydrogen (secondary N) is 4. The van der Waals surface area contributed by atoms with E-state index in [-0.39, 0.29) is 5.91 Å². The number of carbonyl (C=O) groups excluding carboxylic acids is 1. The Morgan fingerprint density at radius 3 is 2.23 bits per heavy atom. The van der Waals surface area contributed by atoms with Crippen molar-refractivity contribution in [3.8, 4) is 0 Å². The van der Waals surface area contributed by atoms with Crippen LogP contribution in [-0.2, 0) is 16.0 Å². The summed E-state index contributed by atoms with van der Waals surface area (Å²) in [6, 6.07) is 7.80. The summed E-state index contributed by atoms with van der Waals surface area (Å²) in [7, 11) is 0. The number of anilines is 3. The minimum atomic E-state index is -0.134. The summed E-state index contributed by atoms with van der Waals surface area (Å²) in [4.78, 5) is 26.3. The first-order chi connectivity index (χ1) is 19.6. The van der Waals surface area contributed by atoms with E-state index in [1.54, 1.807) is 0 Å². The van der Waals surface area contributed by atoms with Crippen LogP contribution in [-0.4, -0.2) is 73.0 Å². The molecule has 222 valence electrons. The molecule has 1 fully saturated rings. The largest absolute Gasteiger partial charge is 0.378 e. The highest BCUT2D eigenvalue weighted by molar-refractivity contribution is 5.94. The molecule has 1 saturated carbocycles. The van der Waals surface area contributed by atoms with Gasteiger partial charge >= 0.3 is 0 Å². The molecule has 3 rings (SSSR count). The van der Waals surface area contributed by atoms with Crippen LogP contribution in [0.4, 0.5) is 17.8 Å². The third kappa shape index (κ3) is 11.6. The summed E-state index contributed by atoms with van der Waals surface area (Å²) >= 11 is 0. The van der Waals surface area contributed by atoms with E-state index < -0.39 is 0 Å². The number of ether oxygens (including phenoxy) is 2. The lowest BCUT2D eigenvalue weighted by Gasteiger charge is -2.22. The zero-order chi connectivity index (χ0) is 28.4. The van der Waals surface area contributed by atoms with Gasteiger partial charge in [0.05, 0.1) is 26.4 Å². The second kappa shape index (κ2) is 18.4. The molecule has 0 saturated heterocycles. The lowest BCUT2D eigenvalue weighted by Crippen LogP contribution is -2.27. The first kappa shape index (κ1) is 31.5. The molecule has 40 heavy (non-hydrogen) atoms. The van der Waals surface area contributed by atoms with Gasteiger partial charge in [-0.15, -0.1) is 0 Å². The Morgan fingerprint density at radius 2 is 1.55 bits per heavy atom. The van der Waals surface area contributed by atoms with Gasteiger partial charge in [-0.3, -0.25) is 4.79 Å². The highest BCUT2D eigenvalue weighted by Gasteiger charge is 2.15. The predicted molar refractivity (Wildman–Crippen MR) is 160 cm³/mol. The first-order valence-corrected chi connectivity index (χ1v) is 14.8. The maximum Gasteiger partial charge on any atom is 0.251 e. The van der Waals surface area contributed by atoms with Gasteiger partial charge in [-0.25, -0.2) is 0 Å². The van der Waals surface area contributed by atoms with E-state index in [2.05, 4.69) is 50.1 Å². The zero-order valence-corrected chi connectivity index (χ0v) is 24.2. The number of hydrogen-bond acceptors (Lipinski definition) is 10. The monoisotopic (exact) mass is 556 g/mol. The molecular formula is C29H48N8O3. The maximum absolute atomic E-state index is 12.4. The van der Waals surface area contributed by atoms with Gasteiger partial charge < -0.3 is 36.5 Å². The molecule has 0 unspecified atom stereocenters. The lowest BCUT2D eigenvalue weighted by molar-refractivity contribution is 0.0511. The molecule has 1 amide bonds. The van der Waals surface area contributed by atoms with Crippen molar-refractivity contribution in [2.45, 2.75) is 71.4 Å². The minimum Gasteiger partial charge on any atom is -0.378 e. The normalized spacial score (nSPS) is 13.8. The highest BCUT2D eigenvalue weighted by Crippen LogP contribution is 2.24. The molecule has 1 aliphatic rings. The molecule has 1 aromatic heterocycles. The van der Waals surface area contributed by atoms with Crippen molar-refractivity contribution in [3.63, 3.8) is 0 Å². The Morgan fingerprint density at radius 1 is 0.900 bits per heavy atom. The standard InChI is InChI=1S/C29H48N8O3/c1-3-25(4-2)34-29-36-27(32-20-22-8-6-5-7-9-22)35-28(37-29)33-21-23-10-12-24(13-11-23)26(38)31-15-17-40-19-18-39-16-14-30/h10-13,22,25H,3-9,14-21,30H2,1-2H3,(H,31,38)(H3,32,33,34,35,36,37). The van der Waals surface area contributed by atoms with Crippen LogP contribution in [0.25, 0.3) is 0 Å². The van der Waals surface area contributed by atoms with E-state index in [4.69, 9.17) is 15.2 Å². The van der Waals surface area contributed by atoms with Crippen LogP contribution in [0.3, 0.4) is 0 Å². The third-order valence-corrected chi connectivity index (χ3v) is 7.06. The van der Waals surface area contributed by atoms with Gasteiger partial charge in [-0.1, -0.05) is 45.2 Å². The summed E-state index contributed by atoms with van der Waals surface area (Å²) in [6.45, 7) is 8.58. The Bertz CT molecular complexity index is 982. The zero-order valence-electron chi connectivity index (χ0n) is 24.2. The van der Waals surface area contributed by atoms with Crippen molar-refractivity contribution in [2.75, 3.05) is 62.0 Å². The summed E-state index contributed by atoms with van der Waals surface area (Å²) in [5.41, 5.74) is 6.98. The van der Waals surface area contributed by atoms with Crippen molar-refractivity contribution in [3.05, 3.63) is 35.4 Å². The van der Waals surface area contributed by atoms with Crippen LogP contribution >= 0.6 is 0 Å². The van der Waals surface area contributed by atoms with Crippen molar-refractivity contribution in [2.24, 2.45) is 11.7 Å². The molecule has 1 aromatic carbocycles. The molecule has 11 heteroatoms. The third-order valence-electron chi connectivity index (χ3n) is 7.06. The Kier molecular flexibility index (Phi) is 14.5. The Balaban J connectivity index is 1.50. The average Bonchev–Trinajstić information content (AvgIpc) is 2.99. The lowest BCUT2D eigenvalue weighted by atomic mass is 9.89. The molecule has 11 nitrogen and oxygen atoms in total. The second-order valence-electron chi connectivity index (χ2n) is 10.2. The number of nitrogens with two attached hydrogens (primary N) is 1. The molecule has 0 aliphatic heterocycles. The van der Waals surface area contributed by atoms with Crippen LogP contribution in [0.2, 0.25) is 0 Å². The minimum absolute atomic E-state index is 0.134. The van der Waals surface area contributed by atoms with E-state index in [1.807, 2.05) is 24.3 Å². The van der Waals surface area contributed by atoms with Gasteiger partial charge in [0.25, 0.3) is 5.91 Å². The highest BCUT2D eigenvalue weighted by atomic mass is 16.5. The van der Waals surface area contributed by atoms with Gasteiger partial charge in [0.15, 0.2) is 0 Å². The maximum atomic E-state index is 12.4. The molecular weight excluding hydrogens is 508 g/mol. The fraction of sp³-hybridized carbons (Fsp3) is 0.655. The predicted octanol–water partition coefficient (Wildman–Crippen LogP) is 3.80. The van der Waals surface area contributed by atoms with Gasteiger partial charge in [-0.2, -0.15) is 15.0 Å². The molecule has 0 spiro atoms. The average molecular weight is 557 g/mol. The van der Waals surface area contributed by atoms with Crippen molar-refractivity contribution >= 4 is 23.8 Å². The quantitative estimate of drug-likeness (QED) is 0.162. The van der Waals surface area contributed by atoms with Crippen LogP contribution < -0.4 is 27.0 Å². The van der Waals surface area contributed by atoms with Gasteiger partial charge in [0.1, 0.15) is 0 Å². The number of aromatic nitrogens is 3. The molecule has 1 heterocycles. The van der Waals surface area contributed by atoms with Crippen LogP contribution in [0.15, 0.2) is 24.3 Å². The van der Waals surface area contributed by atoms with E-state index in [0.29, 0.717) is 81.4 Å². The molecule has 0 atom stereocenters. The summed E-state index contributed by atoms with van der Waals surface area (Å²) in [5, 5.41) is 13.1. The van der Waals surface area contributed by atoms with E-state index in [9.17, 15) is 4.79 Å². The number of nitrogens with zero attached hydrogens (tertiary/aromatic N) is 3. The van der Waals surface area contributed by atoms with Crippen molar-refractivity contribution in [1.82, 2.24) is 20.3 Å². The fourth-order valence-corrected chi connectivity index (χ4v) is 4.60. The van der Waals surface area contributed by atoms with Crippen LogP contribution in [0.1, 0.15) is 74.7 Å². The number of rotatable bonds is 19. The summed E-state index contributed by atoms with van der Waals surface area (Å²) in [5.74, 6) is 2.23. The number of hydrogen-bond donors (Lipinski definition) is 5. The van der Waals surface area contributed by atoms with Crippen LogP contribution in [0.5, 0.6) is 0 Å². The molecule has 0 bridgehead atoms. The van der Waals surface area contributed by atoms with Gasteiger partial charge in [0, 0.05) is 37.8 Å². The molecule has 1 aliphatic carbocycles. The van der Waals surface area contributed by atoms with Crippen LogP contribution in [0, 0.1) is 5.92 Å². The topological polar surface area (TPSA) is 148 Å². The van der Waals surface area contributed by atoms with Crippen molar-refractivity contribution < 1.29 is 14.3 Å². The van der Waals surface area contributed by atoms with E-state index >= 15 is 0 Å². The summed E-state index contributed by atoms with van der Waals surface area (Å²) in [6.07, 6.45) is 8.45. The van der Waals surface area contributed by atoms with Gasteiger partial charge in [-0.05, 0) is 49.3 Å². The van der Waals surface area contributed by atoms with E-state index in [0.717, 1.165) is 24.9 Å². The Labute approximate surface area is 238 Å². The summed E-state index contributed by atoms with van der Waals surface area (Å²) < 4.78 is 10.7. The number of benzene rings is 1. The van der Waals surface area contributed by atoms with E-state index in [1.165, 1.54) is 32.1 Å². The molecule has 0 radical (unpaired) electrons. The number of amides is 1. The molecule has 6 N–H and O–H groups in total. The smallest absolute Gasteiger partial charge is 0.251 e. The van der Waals surface area contributed by atoms with Gasteiger partial charge in [0.2, 0.25) is 17.8 Å². The first-order valence-electron chi connectivity index (χ1n) is 14.8. The fourth-order valence-electron chi connectivity index (χ4n) is 4.60. The number of carbonyl (C=O) groups is 1. The SMILES string of the molecule is CCC(CC)Nc1nc(NCc2ccc(C(=O)NCCOCCOCCN)cc2)nc(NCC2CCCCC2)n1. The second-order valence-corrected chi connectivity index (χ2v) is 10.2. The Hall–Kier alpha value is -3.02. The molecule has 2 aromatic rings. The van der Waals surface area contributed by atoms with Crippen molar-refractivity contribution in [1.29, 1.82) is 0 Å².